The molecule has 0 amide bonds. The first-order chi connectivity index (χ1) is 15.2. The van der Waals surface area contributed by atoms with E-state index in [0.717, 1.165) is 30.6 Å². The maximum Gasteiger partial charge on any atom is 0.235 e. The van der Waals surface area contributed by atoms with E-state index in [1.807, 2.05) is 24.3 Å². The third kappa shape index (κ3) is 7.88. The lowest BCUT2D eigenvalue weighted by molar-refractivity contribution is 0.259. The highest BCUT2D eigenvalue weighted by Gasteiger charge is 2.38. The van der Waals surface area contributed by atoms with Crippen molar-refractivity contribution in [3.8, 4) is 17.0 Å². The van der Waals surface area contributed by atoms with Gasteiger partial charge < -0.3 is 9.47 Å². The van der Waals surface area contributed by atoms with Gasteiger partial charge in [0.25, 0.3) is 0 Å². The molecule has 1 aromatic carbocycles. The van der Waals surface area contributed by atoms with Crippen LogP contribution in [0.15, 0.2) is 30.5 Å². The molecule has 5 heteroatoms. The van der Waals surface area contributed by atoms with E-state index in [1.54, 1.807) is 6.20 Å². The van der Waals surface area contributed by atoms with Crippen LogP contribution in [0.3, 0.4) is 0 Å². The largest absolute Gasteiger partial charge is 0.491 e. The third-order valence-corrected chi connectivity index (χ3v) is 5.91. The van der Waals surface area contributed by atoms with Gasteiger partial charge in [-0.05, 0) is 43.5 Å². The van der Waals surface area contributed by atoms with Crippen LogP contribution in [0.1, 0.15) is 83.7 Å². The number of rotatable bonds is 15. The number of halogens is 1. The Morgan fingerprint density at radius 1 is 0.903 bits per heavy atom. The monoisotopic (exact) mass is 428 g/mol. The standard InChI is InChI=1S/C26H37FN2O2/c1-3-5-7-8-9-11-12-22-26(27)29-23(18-28-22)20-14-16-21(17-15-20)30-19-25-24(31-25)13-10-6-4-2/h14-18,24-25H,3-13,19H2,1-2H3/t24-,25-/m0/s1. The molecule has 31 heavy (non-hydrogen) atoms. The summed E-state index contributed by atoms with van der Waals surface area (Å²) in [5, 5.41) is 0. The third-order valence-electron chi connectivity index (χ3n) is 5.91. The van der Waals surface area contributed by atoms with Gasteiger partial charge in [0.2, 0.25) is 5.95 Å². The smallest absolute Gasteiger partial charge is 0.235 e. The minimum Gasteiger partial charge on any atom is -0.491 e. The van der Waals surface area contributed by atoms with E-state index < -0.39 is 5.95 Å². The summed E-state index contributed by atoms with van der Waals surface area (Å²) in [5.74, 6) is 0.339. The molecule has 3 rings (SSSR count). The number of benzene rings is 1. The molecule has 2 aromatic rings. The molecule has 1 aromatic heterocycles. The molecule has 0 unspecified atom stereocenters. The zero-order valence-corrected chi connectivity index (χ0v) is 19.1. The Bertz CT molecular complexity index is 781. The van der Waals surface area contributed by atoms with Crippen LogP contribution >= 0.6 is 0 Å². The second-order valence-corrected chi connectivity index (χ2v) is 8.55. The first kappa shape index (κ1) is 23.6. The number of nitrogens with zero attached hydrogens (tertiary/aromatic N) is 2. The molecular weight excluding hydrogens is 391 g/mol. The Morgan fingerprint density at radius 3 is 2.35 bits per heavy atom. The second kappa shape index (κ2) is 12.7. The van der Waals surface area contributed by atoms with Crippen LogP contribution < -0.4 is 4.74 Å². The number of hydrogen-bond acceptors (Lipinski definition) is 4. The number of aryl methyl sites for hydroxylation is 1. The van der Waals surface area contributed by atoms with E-state index in [1.165, 1.54) is 44.9 Å². The van der Waals surface area contributed by atoms with E-state index >= 15 is 0 Å². The predicted octanol–water partition coefficient (Wildman–Crippen LogP) is 6.91. The average molecular weight is 429 g/mol. The molecule has 2 atom stereocenters. The minimum atomic E-state index is -0.452. The van der Waals surface area contributed by atoms with Crippen molar-refractivity contribution in [3.63, 3.8) is 0 Å². The van der Waals surface area contributed by atoms with Crippen molar-refractivity contribution < 1.29 is 13.9 Å². The summed E-state index contributed by atoms with van der Waals surface area (Å²) < 4.78 is 25.9. The summed E-state index contributed by atoms with van der Waals surface area (Å²) in [7, 11) is 0. The van der Waals surface area contributed by atoms with Gasteiger partial charge in [0.15, 0.2) is 0 Å². The minimum absolute atomic E-state index is 0.218. The highest BCUT2D eigenvalue weighted by molar-refractivity contribution is 5.59. The zero-order valence-electron chi connectivity index (χ0n) is 19.1. The van der Waals surface area contributed by atoms with Crippen molar-refractivity contribution in [2.24, 2.45) is 0 Å². The number of unbranched alkanes of at least 4 members (excludes halogenated alkanes) is 7. The molecular formula is C26H37FN2O2. The van der Waals surface area contributed by atoms with E-state index in [-0.39, 0.29) is 6.10 Å². The van der Waals surface area contributed by atoms with Crippen LogP contribution in [0.25, 0.3) is 11.3 Å². The molecule has 1 fully saturated rings. The second-order valence-electron chi connectivity index (χ2n) is 8.55. The number of ether oxygens (including phenoxy) is 2. The van der Waals surface area contributed by atoms with E-state index in [2.05, 4.69) is 23.8 Å². The molecule has 2 heterocycles. The van der Waals surface area contributed by atoms with Gasteiger partial charge in [-0.3, -0.25) is 4.98 Å². The Kier molecular flexibility index (Phi) is 9.73. The Labute approximate surface area is 186 Å². The quantitative estimate of drug-likeness (QED) is 0.228. The van der Waals surface area contributed by atoms with Crippen LogP contribution in [0.4, 0.5) is 4.39 Å². The van der Waals surface area contributed by atoms with Gasteiger partial charge in [-0.25, -0.2) is 4.98 Å². The van der Waals surface area contributed by atoms with Crippen LogP contribution in [0.2, 0.25) is 0 Å². The lowest BCUT2D eigenvalue weighted by atomic mass is 10.1. The van der Waals surface area contributed by atoms with Crippen molar-refractivity contribution in [3.05, 3.63) is 42.1 Å². The van der Waals surface area contributed by atoms with E-state index in [4.69, 9.17) is 9.47 Å². The van der Waals surface area contributed by atoms with Crippen LogP contribution in [0.5, 0.6) is 5.75 Å². The van der Waals surface area contributed by atoms with Crippen molar-refractivity contribution in [2.45, 2.75) is 96.7 Å². The topological polar surface area (TPSA) is 47.5 Å². The molecule has 0 radical (unpaired) electrons. The Balaban J connectivity index is 1.42. The first-order valence-corrected chi connectivity index (χ1v) is 12.1. The summed E-state index contributed by atoms with van der Waals surface area (Å²) in [6.45, 7) is 5.00. The molecule has 0 bridgehead atoms. The average Bonchev–Trinajstić information content (AvgIpc) is 3.54. The summed E-state index contributed by atoms with van der Waals surface area (Å²) in [6.07, 6.45) is 14.8. The normalized spacial score (nSPS) is 17.6. The number of hydrogen-bond donors (Lipinski definition) is 0. The van der Waals surface area contributed by atoms with E-state index in [0.29, 0.717) is 30.5 Å². The molecule has 0 spiro atoms. The highest BCUT2D eigenvalue weighted by atomic mass is 19.1. The van der Waals surface area contributed by atoms with Crippen LogP contribution in [0, 0.1) is 5.95 Å². The van der Waals surface area contributed by atoms with Gasteiger partial charge in [-0.1, -0.05) is 65.2 Å². The first-order valence-electron chi connectivity index (χ1n) is 12.1. The van der Waals surface area contributed by atoms with Gasteiger partial charge in [0.1, 0.15) is 18.5 Å². The molecule has 4 nitrogen and oxygen atoms in total. The number of epoxide rings is 1. The van der Waals surface area contributed by atoms with Crippen molar-refractivity contribution in [1.29, 1.82) is 0 Å². The summed E-state index contributed by atoms with van der Waals surface area (Å²) in [6, 6.07) is 7.60. The Hall–Kier alpha value is -2.01. The maximum absolute atomic E-state index is 14.4. The van der Waals surface area contributed by atoms with Gasteiger partial charge in [-0.15, -0.1) is 0 Å². The van der Waals surface area contributed by atoms with Crippen molar-refractivity contribution in [2.75, 3.05) is 6.61 Å². The zero-order chi connectivity index (χ0) is 21.9. The molecule has 0 N–H and O–H groups in total. The fraction of sp³-hybridized carbons (Fsp3) is 0.615. The molecule has 1 saturated heterocycles. The predicted molar refractivity (Wildman–Crippen MR) is 123 cm³/mol. The molecule has 1 aliphatic heterocycles. The SMILES string of the molecule is CCCCCCCCc1ncc(-c2ccc(OC[C@@H]3O[C@H]3CCCCC)cc2)nc1F. The van der Waals surface area contributed by atoms with Crippen molar-refractivity contribution in [1.82, 2.24) is 9.97 Å². The summed E-state index contributed by atoms with van der Waals surface area (Å²) in [5.41, 5.74) is 1.86. The lowest BCUT2D eigenvalue weighted by Gasteiger charge is -2.07. The molecule has 1 aliphatic rings. The van der Waals surface area contributed by atoms with Crippen molar-refractivity contribution >= 4 is 0 Å². The molecule has 0 saturated carbocycles. The van der Waals surface area contributed by atoms with Gasteiger partial charge in [0, 0.05) is 5.56 Å². The summed E-state index contributed by atoms with van der Waals surface area (Å²) in [4.78, 5) is 8.47. The number of aromatic nitrogens is 2. The van der Waals surface area contributed by atoms with Crippen LogP contribution in [-0.2, 0) is 11.2 Å². The fourth-order valence-electron chi connectivity index (χ4n) is 3.85. The molecule has 0 aliphatic carbocycles. The van der Waals surface area contributed by atoms with Gasteiger partial charge in [-0.2, -0.15) is 4.39 Å². The van der Waals surface area contributed by atoms with E-state index in [9.17, 15) is 4.39 Å². The highest BCUT2D eigenvalue weighted by Crippen LogP contribution is 2.29. The van der Waals surface area contributed by atoms with Crippen LogP contribution in [-0.4, -0.2) is 28.8 Å². The van der Waals surface area contributed by atoms with Gasteiger partial charge in [0.05, 0.1) is 23.7 Å². The maximum atomic E-state index is 14.4. The van der Waals surface area contributed by atoms with Gasteiger partial charge >= 0.3 is 0 Å². The fourth-order valence-corrected chi connectivity index (χ4v) is 3.85. The lowest BCUT2D eigenvalue weighted by Crippen LogP contribution is -2.07. The Morgan fingerprint density at radius 2 is 1.61 bits per heavy atom. The molecule has 170 valence electrons. The summed E-state index contributed by atoms with van der Waals surface area (Å²) >= 11 is 0.